The molecule has 0 saturated carbocycles. The molecule has 0 spiro atoms. The zero-order chi connectivity index (χ0) is 18.6. The zero-order valence-corrected chi connectivity index (χ0v) is 15.3. The Hall–Kier alpha value is -3.06. The third-order valence-corrected chi connectivity index (χ3v) is 5.27. The summed E-state index contributed by atoms with van der Waals surface area (Å²) in [5, 5.41) is 4.14. The van der Waals surface area contributed by atoms with Gasteiger partial charge in [0.1, 0.15) is 0 Å². The van der Waals surface area contributed by atoms with Crippen LogP contribution >= 0.6 is 11.8 Å². The van der Waals surface area contributed by atoms with E-state index in [9.17, 15) is 9.59 Å². The van der Waals surface area contributed by atoms with Crippen LogP contribution in [-0.2, 0) is 9.53 Å². The second-order valence-corrected chi connectivity index (χ2v) is 7.07. The first-order chi connectivity index (χ1) is 13.2. The minimum absolute atomic E-state index is 0.218. The van der Waals surface area contributed by atoms with E-state index in [2.05, 4.69) is 5.10 Å². The average Bonchev–Trinajstić information content (AvgIpc) is 3.26. The number of rotatable bonds is 4. The summed E-state index contributed by atoms with van der Waals surface area (Å²) in [6, 6.07) is 16.5. The second-order valence-electron chi connectivity index (χ2n) is 5.94. The number of nitrogens with zero attached hydrogens (tertiary/aromatic N) is 3. The topological polar surface area (TPSA) is 64.4 Å². The number of para-hydroxylation sites is 1. The van der Waals surface area contributed by atoms with Gasteiger partial charge in [-0.2, -0.15) is 5.10 Å². The summed E-state index contributed by atoms with van der Waals surface area (Å²) >= 11 is 1.72. The lowest BCUT2D eigenvalue weighted by atomic mass is 10.2. The van der Waals surface area contributed by atoms with E-state index >= 15 is 0 Å². The van der Waals surface area contributed by atoms with Crippen molar-refractivity contribution in [2.45, 2.75) is 4.90 Å². The number of fused-ring (bicyclic) bond motifs is 1. The lowest BCUT2D eigenvalue weighted by molar-refractivity contribution is -0.121. The number of esters is 1. The number of aromatic nitrogens is 2. The quantitative estimate of drug-likeness (QED) is 0.652. The molecule has 1 aliphatic rings. The van der Waals surface area contributed by atoms with Crippen molar-refractivity contribution in [3.05, 3.63) is 72.6 Å². The van der Waals surface area contributed by atoms with Gasteiger partial charge in [-0.05, 0) is 42.5 Å². The molecule has 0 saturated heterocycles. The highest BCUT2D eigenvalue weighted by Crippen LogP contribution is 2.34. The van der Waals surface area contributed by atoms with Gasteiger partial charge in [-0.15, -0.1) is 11.8 Å². The monoisotopic (exact) mass is 379 g/mol. The molecule has 0 radical (unpaired) electrons. The summed E-state index contributed by atoms with van der Waals surface area (Å²) in [6.07, 6.45) is 3.51. The van der Waals surface area contributed by atoms with Gasteiger partial charge < -0.3 is 9.64 Å². The number of anilines is 1. The number of benzene rings is 2. The molecule has 0 fully saturated rings. The maximum atomic E-state index is 12.5. The van der Waals surface area contributed by atoms with Gasteiger partial charge in [0.25, 0.3) is 5.91 Å². The molecule has 1 aliphatic heterocycles. The number of ether oxygens (including phenoxy) is 1. The minimum atomic E-state index is -0.518. The van der Waals surface area contributed by atoms with Crippen LogP contribution in [0.15, 0.2) is 71.9 Å². The van der Waals surface area contributed by atoms with Crippen LogP contribution in [0.1, 0.15) is 10.4 Å². The van der Waals surface area contributed by atoms with Crippen LogP contribution in [0.5, 0.6) is 0 Å². The molecule has 6 nitrogen and oxygen atoms in total. The fourth-order valence-electron chi connectivity index (χ4n) is 2.89. The third kappa shape index (κ3) is 3.73. The van der Waals surface area contributed by atoms with E-state index in [1.807, 2.05) is 36.5 Å². The summed E-state index contributed by atoms with van der Waals surface area (Å²) in [7, 11) is 0. The van der Waals surface area contributed by atoms with Crippen molar-refractivity contribution in [3.63, 3.8) is 0 Å². The smallest absolute Gasteiger partial charge is 0.338 e. The van der Waals surface area contributed by atoms with Gasteiger partial charge >= 0.3 is 5.97 Å². The Balaban J connectivity index is 1.39. The highest BCUT2D eigenvalue weighted by Gasteiger charge is 2.23. The van der Waals surface area contributed by atoms with Gasteiger partial charge in [0.2, 0.25) is 0 Å². The van der Waals surface area contributed by atoms with E-state index in [-0.39, 0.29) is 12.5 Å². The largest absolute Gasteiger partial charge is 0.452 e. The van der Waals surface area contributed by atoms with Crippen molar-refractivity contribution >= 4 is 29.3 Å². The first-order valence-electron chi connectivity index (χ1n) is 8.52. The molecule has 0 aliphatic carbocycles. The third-order valence-electron chi connectivity index (χ3n) is 4.23. The summed E-state index contributed by atoms with van der Waals surface area (Å²) in [6.45, 7) is 0.329. The molecule has 3 aromatic rings. The molecular formula is C20H17N3O3S. The van der Waals surface area contributed by atoms with Crippen molar-refractivity contribution in [3.8, 4) is 5.69 Å². The molecule has 2 aromatic carbocycles. The Morgan fingerprint density at radius 1 is 1.07 bits per heavy atom. The van der Waals surface area contributed by atoms with Crippen molar-refractivity contribution in [2.75, 3.05) is 23.8 Å². The van der Waals surface area contributed by atoms with E-state index in [0.29, 0.717) is 12.1 Å². The molecule has 0 N–H and O–H groups in total. The first-order valence-corrected chi connectivity index (χ1v) is 9.50. The maximum absolute atomic E-state index is 12.5. The summed E-state index contributed by atoms with van der Waals surface area (Å²) in [4.78, 5) is 27.5. The molecule has 0 bridgehead atoms. The number of carbonyl (C=O) groups excluding carboxylic acids is 2. The van der Waals surface area contributed by atoms with Crippen LogP contribution in [0, 0.1) is 0 Å². The minimum Gasteiger partial charge on any atom is -0.452 e. The highest BCUT2D eigenvalue weighted by molar-refractivity contribution is 7.99. The molecule has 2 heterocycles. The van der Waals surface area contributed by atoms with Crippen LogP contribution < -0.4 is 4.90 Å². The number of hydrogen-bond acceptors (Lipinski definition) is 5. The van der Waals surface area contributed by atoms with Gasteiger partial charge in [-0.25, -0.2) is 9.48 Å². The van der Waals surface area contributed by atoms with E-state index in [1.54, 1.807) is 51.8 Å². The molecule has 7 heteroatoms. The summed E-state index contributed by atoms with van der Waals surface area (Å²) in [5.41, 5.74) is 2.11. The highest BCUT2D eigenvalue weighted by atomic mass is 32.2. The van der Waals surface area contributed by atoms with Crippen molar-refractivity contribution < 1.29 is 14.3 Å². The van der Waals surface area contributed by atoms with Crippen molar-refractivity contribution in [1.82, 2.24) is 9.78 Å². The SMILES string of the molecule is O=C(OCC(=O)N1CCSc2ccccc21)c1ccc(-n2cccn2)cc1. The Labute approximate surface area is 160 Å². The lowest BCUT2D eigenvalue weighted by Gasteiger charge is -2.28. The number of carbonyl (C=O) groups is 2. The molecule has 27 heavy (non-hydrogen) atoms. The average molecular weight is 379 g/mol. The zero-order valence-electron chi connectivity index (χ0n) is 14.4. The molecular weight excluding hydrogens is 362 g/mol. The molecule has 0 atom stereocenters. The Morgan fingerprint density at radius 3 is 2.67 bits per heavy atom. The van der Waals surface area contributed by atoms with E-state index in [0.717, 1.165) is 22.0 Å². The molecule has 1 aromatic heterocycles. The van der Waals surface area contributed by atoms with E-state index < -0.39 is 5.97 Å². The molecule has 1 amide bonds. The second kappa shape index (κ2) is 7.67. The first kappa shape index (κ1) is 17.4. The molecule has 0 unspecified atom stereocenters. The lowest BCUT2D eigenvalue weighted by Crippen LogP contribution is -2.38. The summed E-state index contributed by atoms with van der Waals surface area (Å²) in [5.74, 6) is 0.0882. The van der Waals surface area contributed by atoms with Crippen LogP contribution in [0.4, 0.5) is 5.69 Å². The van der Waals surface area contributed by atoms with E-state index in [1.165, 1.54) is 0 Å². The maximum Gasteiger partial charge on any atom is 0.338 e. The van der Waals surface area contributed by atoms with Crippen molar-refractivity contribution in [1.29, 1.82) is 0 Å². The Morgan fingerprint density at radius 2 is 1.89 bits per heavy atom. The normalized spacial score (nSPS) is 13.1. The van der Waals surface area contributed by atoms with E-state index in [4.69, 9.17) is 4.74 Å². The molecule has 136 valence electrons. The predicted molar refractivity (Wildman–Crippen MR) is 103 cm³/mol. The van der Waals surface area contributed by atoms with Gasteiger partial charge in [0, 0.05) is 29.6 Å². The molecule has 4 rings (SSSR count). The number of thioether (sulfide) groups is 1. The van der Waals surface area contributed by atoms with Gasteiger partial charge in [-0.3, -0.25) is 4.79 Å². The van der Waals surface area contributed by atoms with Crippen LogP contribution in [0.3, 0.4) is 0 Å². The van der Waals surface area contributed by atoms with Gasteiger partial charge in [0.15, 0.2) is 6.61 Å². The van der Waals surface area contributed by atoms with Crippen LogP contribution in [-0.4, -0.2) is 40.6 Å². The van der Waals surface area contributed by atoms with Gasteiger partial charge in [-0.1, -0.05) is 12.1 Å². The Bertz CT molecular complexity index is 955. The summed E-state index contributed by atoms with van der Waals surface area (Å²) < 4.78 is 6.93. The van der Waals surface area contributed by atoms with Crippen molar-refractivity contribution in [2.24, 2.45) is 0 Å². The fourth-order valence-corrected chi connectivity index (χ4v) is 3.88. The van der Waals surface area contributed by atoms with Crippen LogP contribution in [0.25, 0.3) is 5.69 Å². The van der Waals surface area contributed by atoms with Gasteiger partial charge in [0.05, 0.1) is 16.9 Å². The van der Waals surface area contributed by atoms with Crippen LogP contribution in [0.2, 0.25) is 0 Å². The standard InChI is InChI=1S/C20H17N3O3S/c24-19(22-12-13-27-18-5-2-1-4-17(18)22)14-26-20(25)15-6-8-16(9-7-15)23-11-3-10-21-23/h1-11H,12-14H2. The predicted octanol–water partition coefficient (Wildman–Crippen LogP) is 3.17. The Kier molecular flexibility index (Phi) is 4.93. The number of amides is 1. The fraction of sp³-hybridized carbons (Fsp3) is 0.150. The number of hydrogen-bond donors (Lipinski definition) is 0.